The molecule has 6 nitrogen and oxygen atoms in total. The third-order valence-corrected chi connectivity index (χ3v) is 4.55. The first kappa shape index (κ1) is 18.6. The largest absolute Gasteiger partial charge is 0.497 e. The summed E-state index contributed by atoms with van der Waals surface area (Å²) in [6.45, 7) is 2.29. The molecule has 0 fully saturated rings. The number of carbonyl (C=O) groups is 1. The highest BCUT2D eigenvalue weighted by atomic mass is 16.5. The standard InChI is InChI=1S/C21H23NO5/c1-13-16-11-15(24-3)7-9-17(16)27-20(13)21(23)22(2)12-14-6-8-18(25-4)19(10-14)26-5/h6-11H,12H2,1-5H3. The Morgan fingerprint density at radius 2 is 1.74 bits per heavy atom. The molecule has 0 unspecified atom stereocenters. The van der Waals surface area contributed by atoms with Gasteiger partial charge in [-0.15, -0.1) is 0 Å². The molecular formula is C21H23NO5. The maximum Gasteiger partial charge on any atom is 0.289 e. The van der Waals surface area contributed by atoms with Crippen molar-refractivity contribution < 1.29 is 23.4 Å². The van der Waals surface area contributed by atoms with Crippen molar-refractivity contribution in [3.63, 3.8) is 0 Å². The third-order valence-electron chi connectivity index (χ3n) is 4.55. The van der Waals surface area contributed by atoms with Crippen molar-refractivity contribution >= 4 is 16.9 Å². The second kappa shape index (κ2) is 7.61. The van der Waals surface area contributed by atoms with E-state index in [0.29, 0.717) is 29.4 Å². The first-order valence-electron chi connectivity index (χ1n) is 8.52. The van der Waals surface area contributed by atoms with Gasteiger partial charge in [0.15, 0.2) is 17.3 Å². The third kappa shape index (κ3) is 3.56. The number of aryl methyl sites for hydroxylation is 1. The number of hydrogen-bond acceptors (Lipinski definition) is 5. The summed E-state index contributed by atoms with van der Waals surface area (Å²) in [5, 5.41) is 0.872. The van der Waals surface area contributed by atoms with Crippen LogP contribution in [0.1, 0.15) is 21.7 Å². The Morgan fingerprint density at radius 1 is 1.00 bits per heavy atom. The molecule has 0 radical (unpaired) electrons. The number of furan rings is 1. The van der Waals surface area contributed by atoms with E-state index in [0.717, 1.165) is 22.3 Å². The molecule has 0 aliphatic carbocycles. The molecule has 0 N–H and O–H groups in total. The summed E-state index contributed by atoms with van der Waals surface area (Å²) < 4.78 is 21.6. The Hall–Kier alpha value is -3.15. The highest BCUT2D eigenvalue weighted by Crippen LogP contribution is 2.31. The van der Waals surface area contributed by atoms with Crippen LogP contribution in [-0.2, 0) is 6.54 Å². The van der Waals surface area contributed by atoms with Crippen LogP contribution in [0.2, 0.25) is 0 Å². The van der Waals surface area contributed by atoms with Crippen LogP contribution in [0.5, 0.6) is 17.2 Å². The zero-order chi connectivity index (χ0) is 19.6. The first-order chi connectivity index (χ1) is 13.0. The topological polar surface area (TPSA) is 61.1 Å². The van der Waals surface area contributed by atoms with E-state index in [1.807, 2.05) is 43.3 Å². The molecule has 142 valence electrons. The predicted molar refractivity (Wildman–Crippen MR) is 103 cm³/mol. The molecule has 1 amide bonds. The molecule has 0 spiro atoms. The Kier molecular flexibility index (Phi) is 5.26. The fourth-order valence-electron chi connectivity index (χ4n) is 3.03. The van der Waals surface area contributed by atoms with Crippen LogP contribution >= 0.6 is 0 Å². The lowest BCUT2D eigenvalue weighted by Gasteiger charge is -2.17. The number of carbonyl (C=O) groups excluding carboxylic acids is 1. The summed E-state index contributed by atoms with van der Waals surface area (Å²) in [4.78, 5) is 14.5. The molecule has 0 aliphatic rings. The highest BCUT2D eigenvalue weighted by molar-refractivity contribution is 5.99. The molecule has 0 aliphatic heterocycles. The second-order valence-corrected chi connectivity index (χ2v) is 6.27. The molecule has 0 bridgehead atoms. The molecule has 0 saturated carbocycles. The molecule has 1 aromatic heterocycles. The molecule has 27 heavy (non-hydrogen) atoms. The Balaban J connectivity index is 1.85. The van der Waals surface area contributed by atoms with Gasteiger partial charge in [0, 0.05) is 24.5 Å². The van der Waals surface area contributed by atoms with E-state index in [1.165, 1.54) is 0 Å². The number of nitrogens with zero attached hydrogens (tertiary/aromatic N) is 1. The van der Waals surface area contributed by atoms with Crippen molar-refractivity contribution in [2.45, 2.75) is 13.5 Å². The minimum Gasteiger partial charge on any atom is -0.497 e. The average Bonchev–Trinajstić information content (AvgIpc) is 3.03. The monoisotopic (exact) mass is 369 g/mol. The van der Waals surface area contributed by atoms with Crippen LogP contribution in [0.15, 0.2) is 40.8 Å². The fourth-order valence-corrected chi connectivity index (χ4v) is 3.03. The van der Waals surface area contributed by atoms with E-state index in [2.05, 4.69) is 0 Å². The SMILES string of the molecule is COc1ccc2oc(C(=O)N(C)Cc3ccc(OC)c(OC)c3)c(C)c2c1. The summed E-state index contributed by atoms with van der Waals surface area (Å²) in [5.74, 6) is 2.16. The number of benzene rings is 2. The van der Waals surface area contributed by atoms with Gasteiger partial charge in [-0.05, 0) is 42.8 Å². The van der Waals surface area contributed by atoms with Crippen molar-refractivity contribution in [2.75, 3.05) is 28.4 Å². The maximum absolute atomic E-state index is 12.9. The quantitative estimate of drug-likeness (QED) is 0.656. The van der Waals surface area contributed by atoms with E-state index in [9.17, 15) is 4.79 Å². The second-order valence-electron chi connectivity index (χ2n) is 6.27. The van der Waals surface area contributed by atoms with Crippen LogP contribution in [0, 0.1) is 6.92 Å². The highest BCUT2D eigenvalue weighted by Gasteiger charge is 2.22. The van der Waals surface area contributed by atoms with Gasteiger partial charge >= 0.3 is 0 Å². The first-order valence-corrected chi connectivity index (χ1v) is 8.52. The molecule has 0 atom stereocenters. The van der Waals surface area contributed by atoms with Gasteiger partial charge in [-0.1, -0.05) is 6.07 Å². The van der Waals surface area contributed by atoms with Crippen LogP contribution < -0.4 is 14.2 Å². The zero-order valence-corrected chi connectivity index (χ0v) is 16.2. The molecule has 6 heteroatoms. The van der Waals surface area contributed by atoms with Gasteiger partial charge in [-0.25, -0.2) is 0 Å². The Morgan fingerprint density at radius 3 is 2.41 bits per heavy atom. The van der Waals surface area contributed by atoms with E-state index in [4.69, 9.17) is 18.6 Å². The summed E-state index contributed by atoms with van der Waals surface area (Å²) in [6, 6.07) is 11.1. The van der Waals surface area contributed by atoms with Crippen molar-refractivity contribution in [1.82, 2.24) is 4.90 Å². The van der Waals surface area contributed by atoms with Crippen LogP contribution in [0.3, 0.4) is 0 Å². The van der Waals surface area contributed by atoms with E-state index in [1.54, 1.807) is 33.3 Å². The van der Waals surface area contributed by atoms with Gasteiger partial charge in [0.2, 0.25) is 0 Å². The minimum atomic E-state index is -0.183. The Labute approximate surface area is 158 Å². The van der Waals surface area contributed by atoms with Crippen molar-refractivity contribution in [1.29, 1.82) is 0 Å². The lowest BCUT2D eigenvalue weighted by molar-refractivity contribution is 0.0754. The number of rotatable bonds is 6. The van der Waals surface area contributed by atoms with Crippen LogP contribution in [0.25, 0.3) is 11.0 Å². The number of methoxy groups -OCH3 is 3. The molecular weight excluding hydrogens is 346 g/mol. The van der Waals surface area contributed by atoms with Gasteiger partial charge < -0.3 is 23.5 Å². The Bertz CT molecular complexity index is 976. The van der Waals surface area contributed by atoms with Gasteiger partial charge in [-0.3, -0.25) is 4.79 Å². The van der Waals surface area contributed by atoms with E-state index < -0.39 is 0 Å². The summed E-state index contributed by atoms with van der Waals surface area (Å²) in [7, 11) is 6.53. The number of fused-ring (bicyclic) bond motifs is 1. The maximum atomic E-state index is 12.9. The summed E-state index contributed by atoms with van der Waals surface area (Å²) in [5.41, 5.74) is 2.39. The van der Waals surface area contributed by atoms with E-state index in [-0.39, 0.29) is 5.91 Å². The molecule has 1 heterocycles. The predicted octanol–water partition coefficient (Wildman–Crippen LogP) is 4.04. The number of hydrogen-bond donors (Lipinski definition) is 0. The van der Waals surface area contributed by atoms with Gasteiger partial charge in [0.25, 0.3) is 5.91 Å². The lowest BCUT2D eigenvalue weighted by atomic mass is 10.1. The number of amides is 1. The van der Waals surface area contributed by atoms with Crippen molar-refractivity contribution in [3.05, 3.63) is 53.3 Å². The average molecular weight is 369 g/mol. The van der Waals surface area contributed by atoms with E-state index >= 15 is 0 Å². The molecule has 0 saturated heterocycles. The zero-order valence-electron chi connectivity index (χ0n) is 16.2. The number of ether oxygens (including phenoxy) is 3. The van der Waals surface area contributed by atoms with Crippen LogP contribution in [0.4, 0.5) is 0 Å². The summed E-state index contributed by atoms with van der Waals surface area (Å²) in [6.07, 6.45) is 0. The van der Waals surface area contributed by atoms with Gasteiger partial charge in [0.05, 0.1) is 21.3 Å². The normalized spacial score (nSPS) is 10.7. The molecule has 3 aromatic rings. The summed E-state index contributed by atoms with van der Waals surface area (Å²) >= 11 is 0. The fraction of sp³-hybridized carbons (Fsp3) is 0.286. The van der Waals surface area contributed by atoms with Crippen molar-refractivity contribution in [2.24, 2.45) is 0 Å². The lowest BCUT2D eigenvalue weighted by Crippen LogP contribution is -2.26. The van der Waals surface area contributed by atoms with Gasteiger partial charge in [-0.2, -0.15) is 0 Å². The smallest absolute Gasteiger partial charge is 0.289 e. The minimum absolute atomic E-state index is 0.183. The molecule has 3 rings (SSSR count). The molecule has 2 aromatic carbocycles. The van der Waals surface area contributed by atoms with Crippen LogP contribution in [-0.4, -0.2) is 39.2 Å². The van der Waals surface area contributed by atoms with Gasteiger partial charge in [0.1, 0.15) is 11.3 Å². The van der Waals surface area contributed by atoms with Crippen molar-refractivity contribution in [3.8, 4) is 17.2 Å².